The lowest BCUT2D eigenvalue weighted by atomic mass is 10.1. The zero-order chi connectivity index (χ0) is 29.4. The van der Waals surface area contributed by atoms with Crippen LogP contribution < -0.4 is 20.7 Å². The molecule has 2 fully saturated rings. The summed E-state index contributed by atoms with van der Waals surface area (Å²) >= 11 is 0. The van der Waals surface area contributed by atoms with Crippen molar-refractivity contribution < 1.29 is 19.1 Å². The first-order valence-corrected chi connectivity index (χ1v) is 14.2. The van der Waals surface area contributed by atoms with Gasteiger partial charge in [0.15, 0.2) is 0 Å². The van der Waals surface area contributed by atoms with Gasteiger partial charge in [0, 0.05) is 42.3 Å². The van der Waals surface area contributed by atoms with Crippen molar-refractivity contribution in [1.82, 2.24) is 19.4 Å². The Morgan fingerprint density at radius 3 is 2.60 bits per heavy atom. The number of ether oxygens (including phenoxy) is 2. The molecule has 0 unspecified atom stereocenters. The molecule has 11 nitrogen and oxygen atoms in total. The SMILES string of the molecule is COc1cc([C@H]2C[C@@H]2C(=O)Nc2cc(NCc3cn4cc(C5CC5)ccc4n3)ccn2)cc(NC(=O)OC(C)(C)C)n1. The molecule has 3 N–H and O–H groups in total. The van der Waals surface area contributed by atoms with Gasteiger partial charge in [-0.1, -0.05) is 6.07 Å². The highest BCUT2D eigenvalue weighted by Crippen LogP contribution is 2.49. The lowest BCUT2D eigenvalue weighted by molar-refractivity contribution is -0.117. The summed E-state index contributed by atoms with van der Waals surface area (Å²) in [4.78, 5) is 38.6. The maximum Gasteiger partial charge on any atom is 0.413 e. The second-order valence-electron chi connectivity index (χ2n) is 11.9. The van der Waals surface area contributed by atoms with Crippen molar-refractivity contribution >= 4 is 35.0 Å². The number of aromatic nitrogens is 4. The largest absolute Gasteiger partial charge is 0.481 e. The summed E-state index contributed by atoms with van der Waals surface area (Å²) in [6, 6.07) is 11.5. The zero-order valence-corrected chi connectivity index (χ0v) is 24.2. The number of nitrogens with one attached hydrogen (secondary N) is 3. The number of imidazole rings is 1. The molecule has 0 aromatic carbocycles. The predicted octanol–water partition coefficient (Wildman–Crippen LogP) is 5.71. The number of nitrogens with zero attached hydrogens (tertiary/aromatic N) is 4. The third kappa shape index (κ3) is 6.62. The zero-order valence-electron chi connectivity index (χ0n) is 24.2. The molecule has 11 heteroatoms. The van der Waals surface area contributed by atoms with E-state index in [1.54, 1.807) is 39.1 Å². The van der Waals surface area contributed by atoms with Crippen LogP contribution in [0.1, 0.15) is 68.7 Å². The minimum atomic E-state index is -0.639. The first-order chi connectivity index (χ1) is 20.1. The van der Waals surface area contributed by atoms with Crippen molar-refractivity contribution in [2.24, 2.45) is 5.92 Å². The normalized spacial score (nSPS) is 17.9. The Labute approximate surface area is 244 Å². The van der Waals surface area contributed by atoms with Gasteiger partial charge in [-0.25, -0.2) is 14.8 Å². The number of hydrogen-bond donors (Lipinski definition) is 3. The molecule has 2 aliphatic rings. The summed E-state index contributed by atoms with van der Waals surface area (Å²) in [7, 11) is 1.51. The molecule has 4 aromatic rings. The maximum atomic E-state index is 13.1. The molecule has 0 saturated heterocycles. The van der Waals surface area contributed by atoms with E-state index >= 15 is 0 Å². The highest BCUT2D eigenvalue weighted by atomic mass is 16.6. The lowest BCUT2D eigenvalue weighted by Crippen LogP contribution is -2.27. The van der Waals surface area contributed by atoms with Crippen LogP contribution in [0.15, 0.2) is 55.0 Å². The fraction of sp³-hybridized carbons (Fsp3) is 0.387. The molecule has 42 heavy (non-hydrogen) atoms. The minimum absolute atomic E-state index is 0.0297. The Morgan fingerprint density at radius 2 is 1.83 bits per heavy atom. The van der Waals surface area contributed by atoms with Crippen LogP contribution in [-0.4, -0.2) is 44.1 Å². The van der Waals surface area contributed by atoms with Crippen LogP contribution in [0.5, 0.6) is 5.88 Å². The number of fused-ring (bicyclic) bond motifs is 1. The van der Waals surface area contributed by atoms with E-state index in [2.05, 4.69) is 48.6 Å². The molecule has 0 spiro atoms. The van der Waals surface area contributed by atoms with Crippen molar-refractivity contribution in [1.29, 1.82) is 0 Å². The van der Waals surface area contributed by atoms with Crippen molar-refractivity contribution in [3.05, 3.63) is 71.8 Å². The molecular weight excluding hydrogens is 534 g/mol. The maximum absolute atomic E-state index is 13.1. The fourth-order valence-corrected chi connectivity index (χ4v) is 4.99. The van der Waals surface area contributed by atoms with E-state index < -0.39 is 11.7 Å². The quantitative estimate of drug-likeness (QED) is 0.234. The van der Waals surface area contributed by atoms with Gasteiger partial charge in [0.2, 0.25) is 11.8 Å². The Bertz CT molecular complexity index is 1640. The smallest absolute Gasteiger partial charge is 0.413 e. The van der Waals surface area contributed by atoms with E-state index in [0.717, 1.165) is 22.6 Å². The summed E-state index contributed by atoms with van der Waals surface area (Å²) in [5.74, 6) is 1.44. The van der Waals surface area contributed by atoms with Crippen molar-refractivity contribution in [3.63, 3.8) is 0 Å². The van der Waals surface area contributed by atoms with Crippen LogP contribution in [-0.2, 0) is 16.1 Å². The van der Waals surface area contributed by atoms with Crippen molar-refractivity contribution in [2.75, 3.05) is 23.1 Å². The monoisotopic (exact) mass is 569 g/mol. The molecule has 0 aliphatic heterocycles. The number of carbonyl (C=O) groups excluding carboxylic acids is 2. The second kappa shape index (κ2) is 11.0. The number of pyridine rings is 3. The van der Waals surface area contributed by atoms with Gasteiger partial charge in [0.1, 0.15) is 22.9 Å². The summed E-state index contributed by atoms with van der Waals surface area (Å²) in [5, 5.41) is 8.97. The van der Waals surface area contributed by atoms with Gasteiger partial charge in [-0.15, -0.1) is 0 Å². The molecule has 2 aliphatic carbocycles. The lowest BCUT2D eigenvalue weighted by Gasteiger charge is -2.19. The van der Waals surface area contributed by atoms with Crippen molar-refractivity contribution in [2.45, 2.75) is 64.0 Å². The topological polar surface area (TPSA) is 132 Å². The molecule has 0 bridgehead atoms. The first kappa shape index (κ1) is 27.5. The standard InChI is InChI=1S/C31H35N7O4/c1-31(2,3)42-30(40)37-26-11-20(12-28(35-26)41-4)23-14-24(23)29(39)36-25-13-21(9-10-32-25)33-15-22-17-38-16-19(18-5-6-18)7-8-27(38)34-22/h7-13,16-18,23-24H,5-6,14-15H2,1-4H3,(H,35,37,40)(H2,32,33,36,39)/t23-,24+/m1/s1. The number of rotatable bonds is 9. The fourth-order valence-electron chi connectivity index (χ4n) is 4.99. The molecule has 2 saturated carbocycles. The minimum Gasteiger partial charge on any atom is -0.481 e. The van der Waals surface area contributed by atoms with Crippen LogP contribution >= 0.6 is 0 Å². The Morgan fingerprint density at radius 1 is 1.00 bits per heavy atom. The molecule has 6 rings (SSSR count). The third-order valence-corrected chi connectivity index (χ3v) is 7.28. The second-order valence-corrected chi connectivity index (χ2v) is 11.9. The van der Waals surface area contributed by atoms with Crippen LogP contribution in [0, 0.1) is 5.92 Å². The highest BCUT2D eigenvalue weighted by Gasteiger charge is 2.44. The van der Waals surface area contributed by atoms with E-state index in [9.17, 15) is 9.59 Å². The molecule has 2 atom stereocenters. The van der Waals surface area contributed by atoms with E-state index in [0.29, 0.717) is 36.4 Å². The molecule has 4 heterocycles. The molecular formula is C31H35N7O4. The number of methoxy groups -OCH3 is 1. The number of carbonyl (C=O) groups is 2. The molecule has 218 valence electrons. The van der Waals surface area contributed by atoms with Crippen LogP contribution in [0.3, 0.4) is 0 Å². The number of amides is 2. The summed E-state index contributed by atoms with van der Waals surface area (Å²) in [6.07, 6.45) is 8.48. The van der Waals surface area contributed by atoms with Crippen LogP contribution in [0.2, 0.25) is 0 Å². The summed E-state index contributed by atoms with van der Waals surface area (Å²) in [6.45, 7) is 5.91. The number of anilines is 3. The highest BCUT2D eigenvalue weighted by molar-refractivity contribution is 5.95. The summed E-state index contributed by atoms with van der Waals surface area (Å²) < 4.78 is 12.7. The van der Waals surface area contributed by atoms with E-state index in [1.165, 1.54) is 25.5 Å². The first-order valence-electron chi connectivity index (χ1n) is 14.2. The summed E-state index contributed by atoms with van der Waals surface area (Å²) in [5.41, 5.74) is 4.28. The van der Waals surface area contributed by atoms with Gasteiger partial charge in [0.05, 0.1) is 19.3 Å². The van der Waals surface area contributed by atoms with Gasteiger partial charge >= 0.3 is 6.09 Å². The van der Waals surface area contributed by atoms with Crippen molar-refractivity contribution in [3.8, 4) is 5.88 Å². The Hall–Kier alpha value is -4.67. The molecule has 4 aromatic heterocycles. The van der Waals surface area contributed by atoms with E-state index in [1.807, 2.05) is 18.3 Å². The number of hydrogen-bond acceptors (Lipinski definition) is 8. The van der Waals surface area contributed by atoms with Gasteiger partial charge in [-0.05, 0) is 81.2 Å². The van der Waals surface area contributed by atoms with Gasteiger partial charge in [-0.2, -0.15) is 4.98 Å². The van der Waals surface area contributed by atoms with Crippen LogP contribution in [0.25, 0.3) is 5.65 Å². The Balaban J connectivity index is 1.06. The van der Waals surface area contributed by atoms with E-state index in [-0.39, 0.29) is 17.7 Å². The molecule has 2 amide bonds. The van der Waals surface area contributed by atoms with Gasteiger partial charge in [0.25, 0.3) is 0 Å². The average molecular weight is 570 g/mol. The van der Waals surface area contributed by atoms with Gasteiger partial charge in [-0.3, -0.25) is 10.1 Å². The van der Waals surface area contributed by atoms with E-state index in [4.69, 9.17) is 14.5 Å². The Kier molecular flexibility index (Phi) is 7.17. The van der Waals surface area contributed by atoms with Crippen LogP contribution in [0.4, 0.5) is 22.1 Å². The molecule has 0 radical (unpaired) electrons. The third-order valence-electron chi connectivity index (χ3n) is 7.28. The predicted molar refractivity (Wildman–Crippen MR) is 159 cm³/mol. The van der Waals surface area contributed by atoms with Gasteiger partial charge < -0.3 is 24.5 Å². The average Bonchev–Trinajstić information content (AvgIpc) is 3.87.